The fourth-order valence-electron chi connectivity index (χ4n) is 2.38. The molecule has 0 saturated carbocycles. The summed E-state index contributed by atoms with van der Waals surface area (Å²) in [6, 6.07) is 4.11. The molecule has 4 nitrogen and oxygen atoms in total. The topological polar surface area (TPSA) is 41.9 Å². The normalized spacial score (nSPS) is 24.6. The minimum atomic E-state index is -0.421. The van der Waals surface area contributed by atoms with Crippen LogP contribution in [0.15, 0.2) is 18.2 Å². The molecule has 100 valence electrons. The third-order valence-electron chi connectivity index (χ3n) is 3.24. The summed E-state index contributed by atoms with van der Waals surface area (Å²) >= 11 is 0. The predicted molar refractivity (Wildman–Crippen MR) is 64.9 cm³/mol. The first-order valence-corrected chi connectivity index (χ1v) is 5.88. The Hall–Kier alpha value is -1.17. The second kappa shape index (κ2) is 5.65. The Kier molecular flexibility index (Phi) is 4.16. The average molecular weight is 255 g/mol. The second-order valence-corrected chi connectivity index (χ2v) is 4.56. The molecule has 1 aromatic rings. The van der Waals surface area contributed by atoms with Crippen molar-refractivity contribution >= 4 is 0 Å². The molecule has 2 atom stereocenters. The monoisotopic (exact) mass is 255 g/mol. The molecule has 1 saturated heterocycles. The summed E-state index contributed by atoms with van der Waals surface area (Å²) < 4.78 is 23.8. The zero-order chi connectivity index (χ0) is 13.1. The van der Waals surface area contributed by atoms with Gasteiger partial charge in [-0.25, -0.2) is 4.39 Å². The number of benzene rings is 1. The average Bonchev–Trinajstić information content (AvgIpc) is 2.69. The Bertz CT molecular complexity index is 381. The summed E-state index contributed by atoms with van der Waals surface area (Å²) in [5.74, 6) is -0.466. The number of likely N-dealkylation sites (tertiary alicyclic amines) is 1. The molecule has 18 heavy (non-hydrogen) atoms. The highest BCUT2D eigenvalue weighted by Gasteiger charge is 2.32. The molecule has 1 aliphatic heterocycles. The van der Waals surface area contributed by atoms with Gasteiger partial charge in [-0.1, -0.05) is 0 Å². The van der Waals surface area contributed by atoms with Crippen molar-refractivity contribution in [2.24, 2.45) is 0 Å². The molecule has 1 aliphatic rings. The highest BCUT2D eigenvalue weighted by atomic mass is 19.1. The lowest BCUT2D eigenvalue weighted by Crippen LogP contribution is -2.27. The van der Waals surface area contributed by atoms with E-state index in [-0.39, 0.29) is 18.0 Å². The van der Waals surface area contributed by atoms with E-state index in [1.165, 1.54) is 6.07 Å². The molecule has 2 unspecified atom stereocenters. The van der Waals surface area contributed by atoms with Crippen LogP contribution >= 0.6 is 0 Å². The maximum atomic E-state index is 13.2. The van der Waals surface area contributed by atoms with Crippen LogP contribution in [0.1, 0.15) is 5.56 Å². The lowest BCUT2D eigenvalue weighted by Gasteiger charge is -2.15. The summed E-state index contributed by atoms with van der Waals surface area (Å²) in [4.78, 5) is 2.12. The van der Waals surface area contributed by atoms with Gasteiger partial charge in [0.2, 0.25) is 0 Å². The number of ether oxygens (including phenoxy) is 2. The van der Waals surface area contributed by atoms with E-state index in [2.05, 4.69) is 4.90 Å². The van der Waals surface area contributed by atoms with Gasteiger partial charge in [-0.3, -0.25) is 4.90 Å². The van der Waals surface area contributed by atoms with Crippen molar-refractivity contribution in [3.63, 3.8) is 0 Å². The zero-order valence-corrected chi connectivity index (χ0v) is 10.6. The number of hydrogen-bond donors (Lipinski definition) is 1. The van der Waals surface area contributed by atoms with Crippen LogP contribution in [0, 0.1) is 5.82 Å². The SMILES string of the molecule is COC1CN(Cc2cc(O)cc(F)c2)CC1OC. The summed E-state index contributed by atoms with van der Waals surface area (Å²) in [6.07, 6.45) is 0.0781. The summed E-state index contributed by atoms with van der Waals surface area (Å²) in [5, 5.41) is 9.36. The van der Waals surface area contributed by atoms with Gasteiger partial charge < -0.3 is 14.6 Å². The molecule has 1 aromatic carbocycles. The van der Waals surface area contributed by atoms with E-state index in [1.54, 1.807) is 20.3 Å². The number of methoxy groups -OCH3 is 2. The maximum absolute atomic E-state index is 13.2. The standard InChI is InChI=1S/C13H18FNO3/c1-17-12-7-15(8-13(12)18-2)6-9-3-10(14)5-11(16)4-9/h3-5,12-13,16H,6-8H2,1-2H3. The van der Waals surface area contributed by atoms with Crippen molar-refractivity contribution in [2.75, 3.05) is 27.3 Å². The van der Waals surface area contributed by atoms with Crippen LogP contribution < -0.4 is 0 Å². The largest absolute Gasteiger partial charge is 0.508 e. The molecular formula is C13H18FNO3. The van der Waals surface area contributed by atoms with E-state index in [1.807, 2.05) is 0 Å². The van der Waals surface area contributed by atoms with Crippen molar-refractivity contribution < 1.29 is 19.0 Å². The third-order valence-corrected chi connectivity index (χ3v) is 3.24. The summed E-state index contributed by atoms with van der Waals surface area (Å²) in [6.45, 7) is 2.06. The smallest absolute Gasteiger partial charge is 0.127 e. The molecule has 5 heteroatoms. The van der Waals surface area contributed by atoms with Crippen LogP contribution in [0.3, 0.4) is 0 Å². The van der Waals surface area contributed by atoms with Gasteiger partial charge in [0.15, 0.2) is 0 Å². The van der Waals surface area contributed by atoms with Crippen molar-refractivity contribution in [3.8, 4) is 5.75 Å². The Labute approximate surface area is 106 Å². The van der Waals surface area contributed by atoms with Gasteiger partial charge in [-0.15, -0.1) is 0 Å². The lowest BCUT2D eigenvalue weighted by atomic mass is 10.2. The zero-order valence-electron chi connectivity index (χ0n) is 10.6. The van der Waals surface area contributed by atoms with Crippen LogP contribution in [-0.4, -0.2) is 49.5 Å². The lowest BCUT2D eigenvalue weighted by molar-refractivity contribution is -0.00461. The van der Waals surface area contributed by atoms with Crippen molar-refractivity contribution in [1.82, 2.24) is 4.90 Å². The van der Waals surface area contributed by atoms with Crippen molar-refractivity contribution in [1.29, 1.82) is 0 Å². The molecule has 2 rings (SSSR count). The minimum Gasteiger partial charge on any atom is -0.508 e. The van der Waals surface area contributed by atoms with Gasteiger partial charge >= 0.3 is 0 Å². The van der Waals surface area contributed by atoms with Gasteiger partial charge in [-0.2, -0.15) is 0 Å². The summed E-state index contributed by atoms with van der Waals surface area (Å²) in [5.41, 5.74) is 0.749. The molecule has 1 fully saturated rings. The first-order chi connectivity index (χ1) is 8.62. The molecule has 0 aliphatic carbocycles. The fourth-order valence-corrected chi connectivity index (χ4v) is 2.38. The minimum absolute atomic E-state index is 0.0390. The van der Waals surface area contributed by atoms with E-state index in [4.69, 9.17) is 9.47 Å². The molecule has 0 amide bonds. The van der Waals surface area contributed by atoms with Gasteiger partial charge in [0.05, 0.1) is 12.2 Å². The Balaban J connectivity index is 2.02. The first-order valence-electron chi connectivity index (χ1n) is 5.88. The Morgan fingerprint density at radius 2 is 1.83 bits per heavy atom. The quantitative estimate of drug-likeness (QED) is 0.882. The predicted octanol–water partition coefficient (Wildman–Crippen LogP) is 1.38. The number of rotatable bonds is 4. The number of hydrogen-bond acceptors (Lipinski definition) is 4. The van der Waals surface area contributed by atoms with Gasteiger partial charge in [-0.05, 0) is 17.7 Å². The van der Waals surface area contributed by atoms with E-state index in [0.29, 0.717) is 6.54 Å². The molecule has 0 aromatic heterocycles. The third kappa shape index (κ3) is 2.98. The fraction of sp³-hybridized carbons (Fsp3) is 0.538. The van der Waals surface area contributed by atoms with E-state index >= 15 is 0 Å². The molecule has 1 heterocycles. The highest BCUT2D eigenvalue weighted by molar-refractivity contribution is 5.28. The molecular weight excluding hydrogens is 237 g/mol. The molecule has 0 radical (unpaired) electrons. The number of phenols is 1. The van der Waals surface area contributed by atoms with Gasteiger partial charge in [0, 0.05) is 39.9 Å². The van der Waals surface area contributed by atoms with E-state index in [9.17, 15) is 9.50 Å². The van der Waals surface area contributed by atoms with Crippen molar-refractivity contribution in [2.45, 2.75) is 18.8 Å². The second-order valence-electron chi connectivity index (χ2n) is 4.56. The van der Waals surface area contributed by atoms with Crippen molar-refractivity contribution in [3.05, 3.63) is 29.6 Å². The van der Waals surface area contributed by atoms with Gasteiger partial charge in [0.1, 0.15) is 11.6 Å². The van der Waals surface area contributed by atoms with Gasteiger partial charge in [0.25, 0.3) is 0 Å². The molecule has 0 spiro atoms. The van der Waals surface area contributed by atoms with Crippen LogP contribution in [0.25, 0.3) is 0 Å². The van der Waals surface area contributed by atoms with E-state index in [0.717, 1.165) is 24.7 Å². The number of halogens is 1. The van der Waals surface area contributed by atoms with Crippen LogP contribution in [0.4, 0.5) is 4.39 Å². The van der Waals surface area contributed by atoms with Crippen LogP contribution in [0.5, 0.6) is 5.75 Å². The number of nitrogens with zero attached hydrogens (tertiary/aromatic N) is 1. The maximum Gasteiger partial charge on any atom is 0.127 e. The first kappa shape index (κ1) is 13.3. The van der Waals surface area contributed by atoms with E-state index < -0.39 is 5.82 Å². The molecule has 1 N–H and O–H groups in total. The number of aromatic hydroxyl groups is 1. The summed E-state index contributed by atoms with van der Waals surface area (Å²) in [7, 11) is 3.32. The van der Waals surface area contributed by atoms with Crippen LogP contribution in [-0.2, 0) is 16.0 Å². The van der Waals surface area contributed by atoms with Crippen LogP contribution in [0.2, 0.25) is 0 Å². The Morgan fingerprint density at radius 1 is 1.22 bits per heavy atom. The Morgan fingerprint density at radius 3 is 2.33 bits per heavy atom. The highest BCUT2D eigenvalue weighted by Crippen LogP contribution is 2.21. The molecule has 0 bridgehead atoms. The number of phenolic OH excluding ortho intramolecular Hbond substituents is 1.